The number of nitrogens with two attached hydrogens (primary N) is 1. The van der Waals surface area contributed by atoms with Gasteiger partial charge in [-0.1, -0.05) is 19.9 Å². The normalized spacial score (nSPS) is 11.8. The Bertz CT molecular complexity index is 495. The van der Waals surface area contributed by atoms with E-state index in [-0.39, 0.29) is 5.91 Å². The molecule has 1 unspecified atom stereocenters. The number of nitriles is 1. The second kappa shape index (κ2) is 8.98. The fourth-order valence-corrected chi connectivity index (χ4v) is 1.85. The van der Waals surface area contributed by atoms with E-state index in [2.05, 4.69) is 11.4 Å². The molecule has 0 spiro atoms. The first-order valence-corrected chi connectivity index (χ1v) is 7.19. The molecular weight excluding hydrogens is 266 g/mol. The number of carbonyl (C=O) groups is 1. The average Bonchev–Trinajstić information content (AvgIpc) is 2.43. The van der Waals surface area contributed by atoms with Gasteiger partial charge in [-0.05, 0) is 30.9 Å². The summed E-state index contributed by atoms with van der Waals surface area (Å²) in [6.07, 6.45) is 1.81. The largest absolute Gasteiger partial charge is 0.493 e. The summed E-state index contributed by atoms with van der Waals surface area (Å²) in [5, 5.41) is 11.2. The molecule has 3 N–H and O–H groups in total. The van der Waals surface area contributed by atoms with Crippen molar-refractivity contribution in [1.82, 2.24) is 0 Å². The van der Waals surface area contributed by atoms with Crippen LogP contribution in [0.1, 0.15) is 33.1 Å². The minimum Gasteiger partial charge on any atom is -0.493 e. The van der Waals surface area contributed by atoms with Gasteiger partial charge in [-0.3, -0.25) is 4.79 Å². The van der Waals surface area contributed by atoms with Gasteiger partial charge in [0.15, 0.2) is 0 Å². The number of rotatable bonds is 8. The lowest BCUT2D eigenvalue weighted by molar-refractivity contribution is -0.117. The average molecular weight is 289 g/mol. The Morgan fingerprint density at radius 2 is 2.24 bits per heavy atom. The van der Waals surface area contributed by atoms with Gasteiger partial charge in [0.05, 0.1) is 18.7 Å². The van der Waals surface area contributed by atoms with Gasteiger partial charge in [0.2, 0.25) is 5.91 Å². The molecule has 0 aliphatic carbocycles. The molecule has 0 aliphatic heterocycles. The highest BCUT2D eigenvalue weighted by Crippen LogP contribution is 2.18. The molecule has 0 aliphatic rings. The molecule has 1 aromatic carbocycles. The van der Waals surface area contributed by atoms with Crippen molar-refractivity contribution in [2.24, 2.45) is 11.7 Å². The van der Waals surface area contributed by atoms with E-state index in [4.69, 9.17) is 15.7 Å². The molecule has 1 aromatic rings. The van der Waals surface area contributed by atoms with Crippen molar-refractivity contribution in [2.45, 2.75) is 39.2 Å². The van der Waals surface area contributed by atoms with Crippen LogP contribution < -0.4 is 15.8 Å². The standard InChI is InChI=1S/C16H23N3O2/c1-12(2)10-15(18)16(20)19-13-6-5-7-14(11-13)21-9-4-3-8-17/h5-7,11-12,15H,3-4,9-10,18H2,1-2H3,(H,19,20). The van der Waals surface area contributed by atoms with Crippen LogP contribution in [0, 0.1) is 17.2 Å². The summed E-state index contributed by atoms with van der Waals surface area (Å²) >= 11 is 0. The second-order valence-electron chi connectivity index (χ2n) is 5.36. The maximum atomic E-state index is 11.9. The summed E-state index contributed by atoms with van der Waals surface area (Å²) in [6, 6.07) is 8.73. The van der Waals surface area contributed by atoms with Gasteiger partial charge in [-0.25, -0.2) is 0 Å². The van der Waals surface area contributed by atoms with Crippen LogP contribution >= 0.6 is 0 Å². The first-order valence-electron chi connectivity index (χ1n) is 7.19. The monoisotopic (exact) mass is 289 g/mol. The van der Waals surface area contributed by atoms with Crippen LogP contribution in [0.3, 0.4) is 0 Å². The molecule has 0 fully saturated rings. The Balaban J connectivity index is 2.52. The maximum absolute atomic E-state index is 11.9. The van der Waals surface area contributed by atoms with Crippen molar-refractivity contribution in [3.05, 3.63) is 24.3 Å². The molecule has 21 heavy (non-hydrogen) atoms. The van der Waals surface area contributed by atoms with Crippen molar-refractivity contribution in [2.75, 3.05) is 11.9 Å². The van der Waals surface area contributed by atoms with Crippen LogP contribution in [-0.2, 0) is 4.79 Å². The van der Waals surface area contributed by atoms with Crippen LogP contribution in [0.2, 0.25) is 0 Å². The van der Waals surface area contributed by atoms with Crippen molar-refractivity contribution in [3.8, 4) is 11.8 Å². The molecule has 114 valence electrons. The van der Waals surface area contributed by atoms with Crippen molar-refractivity contribution >= 4 is 11.6 Å². The Hall–Kier alpha value is -2.06. The van der Waals surface area contributed by atoms with E-state index in [0.29, 0.717) is 43.2 Å². The summed E-state index contributed by atoms with van der Waals surface area (Å²) in [5.41, 5.74) is 6.51. The zero-order chi connectivity index (χ0) is 15.7. The first kappa shape index (κ1) is 17.0. The maximum Gasteiger partial charge on any atom is 0.241 e. The topological polar surface area (TPSA) is 88.1 Å². The van der Waals surface area contributed by atoms with Crippen molar-refractivity contribution in [1.29, 1.82) is 5.26 Å². The Labute approximate surface area is 126 Å². The Morgan fingerprint density at radius 3 is 2.90 bits per heavy atom. The van der Waals surface area contributed by atoms with Gasteiger partial charge in [0.1, 0.15) is 5.75 Å². The van der Waals surface area contributed by atoms with E-state index >= 15 is 0 Å². The van der Waals surface area contributed by atoms with Gasteiger partial charge >= 0.3 is 0 Å². The van der Waals surface area contributed by atoms with E-state index in [0.717, 1.165) is 0 Å². The fraction of sp³-hybridized carbons (Fsp3) is 0.500. The minimum absolute atomic E-state index is 0.190. The third-order valence-electron chi connectivity index (χ3n) is 2.87. The zero-order valence-electron chi connectivity index (χ0n) is 12.6. The number of hydrogen-bond acceptors (Lipinski definition) is 4. The van der Waals surface area contributed by atoms with E-state index in [9.17, 15) is 4.79 Å². The lowest BCUT2D eigenvalue weighted by atomic mass is 10.0. The number of unbranched alkanes of at least 4 members (excludes halogenated alkanes) is 1. The van der Waals surface area contributed by atoms with Gasteiger partial charge in [-0.15, -0.1) is 0 Å². The molecule has 0 radical (unpaired) electrons. The number of ether oxygens (including phenoxy) is 1. The van der Waals surface area contributed by atoms with Gasteiger partial charge in [0, 0.05) is 18.2 Å². The fourth-order valence-electron chi connectivity index (χ4n) is 1.85. The number of nitrogens with zero attached hydrogens (tertiary/aromatic N) is 1. The molecule has 1 atom stereocenters. The third-order valence-corrected chi connectivity index (χ3v) is 2.87. The quantitative estimate of drug-likeness (QED) is 0.720. The van der Waals surface area contributed by atoms with Crippen LogP contribution in [-0.4, -0.2) is 18.6 Å². The summed E-state index contributed by atoms with van der Waals surface area (Å²) in [6.45, 7) is 4.55. The molecule has 5 heteroatoms. The number of anilines is 1. The molecular formula is C16H23N3O2. The molecule has 0 bridgehead atoms. The van der Waals surface area contributed by atoms with Gasteiger partial charge < -0.3 is 15.8 Å². The van der Waals surface area contributed by atoms with Crippen LogP contribution in [0.15, 0.2) is 24.3 Å². The van der Waals surface area contributed by atoms with Crippen LogP contribution in [0.5, 0.6) is 5.75 Å². The minimum atomic E-state index is -0.509. The number of hydrogen-bond donors (Lipinski definition) is 2. The number of benzene rings is 1. The SMILES string of the molecule is CC(C)CC(N)C(=O)Nc1cccc(OCCCC#N)c1. The molecule has 1 rings (SSSR count). The molecule has 1 amide bonds. The number of amides is 1. The summed E-state index contributed by atoms with van der Waals surface area (Å²) in [7, 11) is 0. The molecule has 0 saturated heterocycles. The van der Waals surface area contributed by atoms with E-state index in [1.54, 1.807) is 12.1 Å². The molecule has 0 saturated carbocycles. The number of carbonyl (C=O) groups excluding carboxylic acids is 1. The predicted molar refractivity (Wildman–Crippen MR) is 82.8 cm³/mol. The Kier molecular flexibility index (Phi) is 7.27. The summed E-state index contributed by atoms with van der Waals surface area (Å²) in [4.78, 5) is 11.9. The summed E-state index contributed by atoms with van der Waals surface area (Å²) in [5.74, 6) is 0.856. The van der Waals surface area contributed by atoms with Crippen molar-refractivity contribution < 1.29 is 9.53 Å². The van der Waals surface area contributed by atoms with E-state index in [1.807, 2.05) is 26.0 Å². The van der Waals surface area contributed by atoms with Crippen molar-refractivity contribution in [3.63, 3.8) is 0 Å². The first-order chi connectivity index (χ1) is 10.0. The molecule has 0 aromatic heterocycles. The van der Waals surface area contributed by atoms with Gasteiger partial charge in [0.25, 0.3) is 0 Å². The highest BCUT2D eigenvalue weighted by atomic mass is 16.5. The second-order valence-corrected chi connectivity index (χ2v) is 5.36. The molecule has 0 heterocycles. The zero-order valence-corrected chi connectivity index (χ0v) is 12.6. The highest BCUT2D eigenvalue weighted by molar-refractivity contribution is 5.94. The third kappa shape index (κ3) is 6.77. The smallest absolute Gasteiger partial charge is 0.241 e. The number of nitrogens with one attached hydrogen (secondary N) is 1. The lowest BCUT2D eigenvalue weighted by Crippen LogP contribution is -2.36. The molecule has 5 nitrogen and oxygen atoms in total. The lowest BCUT2D eigenvalue weighted by Gasteiger charge is -2.14. The highest BCUT2D eigenvalue weighted by Gasteiger charge is 2.15. The van der Waals surface area contributed by atoms with Gasteiger partial charge in [-0.2, -0.15) is 5.26 Å². The van der Waals surface area contributed by atoms with Crippen LogP contribution in [0.4, 0.5) is 5.69 Å². The predicted octanol–water partition coefficient (Wildman–Crippen LogP) is 2.68. The van der Waals surface area contributed by atoms with E-state index in [1.165, 1.54) is 0 Å². The Morgan fingerprint density at radius 1 is 1.48 bits per heavy atom. The van der Waals surface area contributed by atoms with E-state index < -0.39 is 6.04 Å². The van der Waals surface area contributed by atoms with Crippen LogP contribution in [0.25, 0.3) is 0 Å². The summed E-state index contributed by atoms with van der Waals surface area (Å²) < 4.78 is 5.52.